The average molecular weight is 346 g/mol. The first-order valence-corrected chi connectivity index (χ1v) is 8.79. The third-order valence-electron chi connectivity index (χ3n) is 3.72. The predicted octanol–water partition coefficient (Wildman–Crippen LogP) is 4.31. The molecule has 0 spiro atoms. The number of carbonyl (C=O) groups is 1. The second-order valence-corrected chi connectivity index (χ2v) is 6.13. The second-order valence-electron chi connectivity index (χ2n) is 5.70. The number of hydrogen-bond acceptors (Lipinski definition) is 3. The molecule has 2 rings (SSSR count). The number of rotatable bonds is 9. The summed E-state index contributed by atoms with van der Waals surface area (Å²) in [4.78, 5) is 16.3. The fraction of sp³-hybridized carbons (Fsp3) is 0.368. The van der Waals surface area contributed by atoms with Crippen molar-refractivity contribution in [2.45, 2.75) is 32.6 Å². The Morgan fingerprint density at radius 3 is 2.54 bits per heavy atom. The lowest BCUT2D eigenvalue weighted by Gasteiger charge is -2.07. The quantitative estimate of drug-likeness (QED) is 0.666. The van der Waals surface area contributed by atoms with Crippen molar-refractivity contribution in [2.75, 3.05) is 18.4 Å². The summed E-state index contributed by atoms with van der Waals surface area (Å²) >= 11 is 5.87. The van der Waals surface area contributed by atoms with Gasteiger partial charge in [0.15, 0.2) is 0 Å². The number of aromatic nitrogens is 1. The van der Waals surface area contributed by atoms with Gasteiger partial charge in [-0.3, -0.25) is 4.79 Å². The van der Waals surface area contributed by atoms with Crippen LogP contribution in [0, 0.1) is 0 Å². The number of unbranched alkanes of at least 4 members (excludes halogenated alkanes) is 2. The van der Waals surface area contributed by atoms with Crippen LogP contribution in [0.5, 0.6) is 0 Å². The Bertz CT molecular complexity index is 626. The van der Waals surface area contributed by atoms with Crippen LogP contribution >= 0.6 is 11.6 Å². The van der Waals surface area contributed by atoms with E-state index in [4.69, 9.17) is 11.6 Å². The fourth-order valence-corrected chi connectivity index (χ4v) is 2.42. The van der Waals surface area contributed by atoms with Gasteiger partial charge in [-0.25, -0.2) is 4.98 Å². The summed E-state index contributed by atoms with van der Waals surface area (Å²) in [7, 11) is 0. The molecule has 0 fully saturated rings. The van der Waals surface area contributed by atoms with Crippen molar-refractivity contribution >= 4 is 23.3 Å². The zero-order valence-corrected chi connectivity index (χ0v) is 14.8. The number of amides is 1. The molecule has 0 radical (unpaired) electrons. The molecule has 0 aliphatic rings. The lowest BCUT2D eigenvalue weighted by atomic mass is 10.1. The molecular weight excluding hydrogens is 322 g/mol. The van der Waals surface area contributed by atoms with Crippen LogP contribution in [0.1, 0.15) is 42.1 Å². The van der Waals surface area contributed by atoms with E-state index in [0.717, 1.165) is 43.1 Å². The third kappa shape index (κ3) is 6.20. The summed E-state index contributed by atoms with van der Waals surface area (Å²) in [6, 6.07) is 11.5. The number of nitrogens with one attached hydrogen (secondary N) is 2. The normalized spacial score (nSPS) is 10.4. The molecule has 0 saturated carbocycles. The van der Waals surface area contributed by atoms with Crippen molar-refractivity contribution in [1.82, 2.24) is 10.3 Å². The first kappa shape index (κ1) is 18.3. The second kappa shape index (κ2) is 9.93. The van der Waals surface area contributed by atoms with Gasteiger partial charge >= 0.3 is 0 Å². The zero-order chi connectivity index (χ0) is 17.2. The highest BCUT2D eigenvalue weighted by atomic mass is 35.5. The summed E-state index contributed by atoms with van der Waals surface area (Å²) < 4.78 is 0. The monoisotopic (exact) mass is 345 g/mol. The molecule has 128 valence electrons. The van der Waals surface area contributed by atoms with Gasteiger partial charge in [-0.2, -0.15) is 0 Å². The van der Waals surface area contributed by atoms with E-state index < -0.39 is 0 Å². The van der Waals surface area contributed by atoms with Gasteiger partial charge in [-0.1, -0.05) is 43.5 Å². The number of nitrogens with zero attached hydrogens (tertiary/aromatic N) is 1. The summed E-state index contributed by atoms with van der Waals surface area (Å²) in [5.74, 6) is 0.706. The zero-order valence-electron chi connectivity index (χ0n) is 14.0. The number of hydrogen-bond donors (Lipinski definition) is 2. The van der Waals surface area contributed by atoms with Crippen LogP contribution in [0.4, 0.5) is 5.82 Å². The van der Waals surface area contributed by atoms with Gasteiger partial charge in [0.05, 0.1) is 5.56 Å². The van der Waals surface area contributed by atoms with E-state index in [-0.39, 0.29) is 5.91 Å². The first-order valence-electron chi connectivity index (χ1n) is 8.41. The van der Waals surface area contributed by atoms with E-state index >= 15 is 0 Å². The summed E-state index contributed by atoms with van der Waals surface area (Å²) in [6.07, 6.45) is 5.79. The van der Waals surface area contributed by atoms with Crippen molar-refractivity contribution in [1.29, 1.82) is 0 Å². The maximum Gasteiger partial charge on any atom is 0.252 e. The number of halogens is 1. The lowest BCUT2D eigenvalue weighted by molar-refractivity contribution is 0.0952. The molecule has 1 aromatic heterocycles. The number of carbonyl (C=O) groups excluding carboxylic acids is 1. The van der Waals surface area contributed by atoms with Crippen molar-refractivity contribution < 1.29 is 4.79 Å². The Morgan fingerprint density at radius 2 is 1.88 bits per heavy atom. The molecule has 2 aromatic rings. The van der Waals surface area contributed by atoms with Crippen LogP contribution in [0.3, 0.4) is 0 Å². The summed E-state index contributed by atoms with van der Waals surface area (Å²) in [5.41, 5.74) is 1.81. The molecule has 4 nitrogen and oxygen atoms in total. The average Bonchev–Trinajstić information content (AvgIpc) is 2.61. The minimum atomic E-state index is -0.0636. The molecular formula is C19H24ClN3O. The van der Waals surface area contributed by atoms with Gasteiger partial charge in [0.1, 0.15) is 5.82 Å². The van der Waals surface area contributed by atoms with Crippen LogP contribution in [0.25, 0.3) is 0 Å². The molecule has 0 unspecified atom stereocenters. The Balaban J connectivity index is 1.75. The van der Waals surface area contributed by atoms with Gasteiger partial charge in [0, 0.05) is 24.3 Å². The van der Waals surface area contributed by atoms with Crippen molar-refractivity contribution in [2.24, 2.45) is 0 Å². The molecule has 5 heteroatoms. The Kier molecular flexibility index (Phi) is 7.56. The van der Waals surface area contributed by atoms with E-state index in [2.05, 4.69) is 22.5 Å². The van der Waals surface area contributed by atoms with Gasteiger partial charge < -0.3 is 10.6 Å². The Morgan fingerprint density at radius 1 is 1.08 bits per heavy atom. The predicted molar refractivity (Wildman–Crippen MR) is 99.7 cm³/mol. The highest BCUT2D eigenvalue weighted by molar-refractivity contribution is 6.30. The molecule has 0 aliphatic carbocycles. The Labute approximate surface area is 148 Å². The van der Waals surface area contributed by atoms with Gasteiger partial charge in [-0.05, 0) is 42.7 Å². The molecule has 0 atom stereocenters. The van der Waals surface area contributed by atoms with Crippen molar-refractivity contribution in [3.05, 3.63) is 58.7 Å². The van der Waals surface area contributed by atoms with Crippen LogP contribution in [-0.4, -0.2) is 24.0 Å². The SMILES string of the molecule is CCCCCNC(=O)c1ccc(NCCc2ccc(Cl)cc2)nc1. The van der Waals surface area contributed by atoms with Crippen molar-refractivity contribution in [3.63, 3.8) is 0 Å². The molecule has 0 saturated heterocycles. The third-order valence-corrected chi connectivity index (χ3v) is 3.98. The number of pyridine rings is 1. The van der Waals surface area contributed by atoms with E-state index in [1.54, 1.807) is 12.3 Å². The highest BCUT2D eigenvalue weighted by Crippen LogP contribution is 2.10. The smallest absolute Gasteiger partial charge is 0.252 e. The van der Waals surface area contributed by atoms with Gasteiger partial charge in [0.25, 0.3) is 5.91 Å². The van der Waals surface area contributed by atoms with E-state index in [1.165, 1.54) is 5.56 Å². The van der Waals surface area contributed by atoms with Gasteiger partial charge in [-0.15, -0.1) is 0 Å². The lowest BCUT2D eigenvalue weighted by Crippen LogP contribution is -2.24. The standard InChI is InChI=1S/C19H24ClN3O/c1-2-3-4-12-22-19(24)16-7-10-18(23-14-16)21-13-11-15-5-8-17(20)9-6-15/h5-10,14H,2-4,11-13H2,1H3,(H,21,23)(H,22,24). The number of benzene rings is 1. The van der Waals surface area contributed by atoms with E-state index in [1.807, 2.05) is 30.3 Å². The maximum absolute atomic E-state index is 12.0. The Hall–Kier alpha value is -2.07. The fourth-order valence-electron chi connectivity index (χ4n) is 2.30. The molecule has 1 heterocycles. The largest absolute Gasteiger partial charge is 0.370 e. The van der Waals surface area contributed by atoms with E-state index in [9.17, 15) is 4.79 Å². The minimum Gasteiger partial charge on any atom is -0.370 e. The van der Waals surface area contributed by atoms with Crippen molar-refractivity contribution in [3.8, 4) is 0 Å². The summed E-state index contributed by atoms with van der Waals surface area (Å²) in [6.45, 7) is 3.63. The van der Waals surface area contributed by atoms with Crippen LogP contribution in [-0.2, 0) is 6.42 Å². The van der Waals surface area contributed by atoms with E-state index in [0.29, 0.717) is 12.1 Å². The van der Waals surface area contributed by atoms with Crippen LogP contribution in [0.15, 0.2) is 42.6 Å². The molecule has 1 amide bonds. The molecule has 2 N–H and O–H groups in total. The van der Waals surface area contributed by atoms with Crippen LogP contribution < -0.4 is 10.6 Å². The topological polar surface area (TPSA) is 54.0 Å². The van der Waals surface area contributed by atoms with Crippen LogP contribution in [0.2, 0.25) is 5.02 Å². The minimum absolute atomic E-state index is 0.0636. The molecule has 1 aromatic carbocycles. The number of anilines is 1. The maximum atomic E-state index is 12.0. The first-order chi connectivity index (χ1) is 11.7. The highest BCUT2D eigenvalue weighted by Gasteiger charge is 2.05. The molecule has 24 heavy (non-hydrogen) atoms. The summed E-state index contributed by atoms with van der Waals surface area (Å²) in [5, 5.41) is 6.92. The molecule has 0 bridgehead atoms. The molecule has 0 aliphatic heterocycles. The van der Waals surface area contributed by atoms with Gasteiger partial charge in [0.2, 0.25) is 0 Å².